The molecule has 5 nitrogen and oxygen atoms in total. The lowest BCUT2D eigenvalue weighted by Gasteiger charge is -2.30. The summed E-state index contributed by atoms with van der Waals surface area (Å²) in [7, 11) is 1.68. The van der Waals surface area contributed by atoms with Gasteiger partial charge in [-0.3, -0.25) is 4.79 Å². The summed E-state index contributed by atoms with van der Waals surface area (Å²) in [6.07, 6.45) is 0.874. The molecule has 0 amide bonds. The zero-order valence-corrected chi connectivity index (χ0v) is 12.4. The molecule has 112 valence electrons. The van der Waals surface area contributed by atoms with Crippen LogP contribution in [0.15, 0.2) is 24.3 Å². The molecular formula is C15H24N2O3. The van der Waals surface area contributed by atoms with Gasteiger partial charge in [0.15, 0.2) is 0 Å². The molecule has 1 aromatic rings. The van der Waals surface area contributed by atoms with E-state index in [9.17, 15) is 4.79 Å². The second kappa shape index (κ2) is 7.14. The molecule has 0 aliphatic rings. The smallest absolute Gasteiger partial charge is 0.305 e. The third-order valence-corrected chi connectivity index (χ3v) is 3.41. The van der Waals surface area contributed by atoms with Gasteiger partial charge in [0.05, 0.1) is 23.4 Å². The van der Waals surface area contributed by atoms with Crippen LogP contribution in [0.2, 0.25) is 0 Å². The van der Waals surface area contributed by atoms with Crippen LogP contribution in [0.25, 0.3) is 0 Å². The Morgan fingerprint density at radius 3 is 2.55 bits per heavy atom. The molecule has 0 radical (unpaired) electrons. The van der Waals surface area contributed by atoms with Crippen molar-refractivity contribution in [1.82, 2.24) is 0 Å². The van der Waals surface area contributed by atoms with E-state index in [0.29, 0.717) is 18.8 Å². The van der Waals surface area contributed by atoms with Gasteiger partial charge in [-0.15, -0.1) is 0 Å². The van der Waals surface area contributed by atoms with Crippen molar-refractivity contribution in [2.45, 2.75) is 32.3 Å². The number of anilines is 2. The van der Waals surface area contributed by atoms with E-state index >= 15 is 0 Å². The van der Waals surface area contributed by atoms with Crippen molar-refractivity contribution in [1.29, 1.82) is 0 Å². The summed E-state index contributed by atoms with van der Waals surface area (Å²) in [5.74, 6) is -0.810. The first kappa shape index (κ1) is 16.3. The number of rotatable bonds is 8. The maximum absolute atomic E-state index is 10.8. The van der Waals surface area contributed by atoms with E-state index in [-0.39, 0.29) is 12.0 Å². The van der Waals surface area contributed by atoms with Crippen LogP contribution in [0.4, 0.5) is 11.4 Å². The molecule has 0 aliphatic heterocycles. The highest BCUT2D eigenvalue weighted by Gasteiger charge is 2.19. The van der Waals surface area contributed by atoms with Crippen molar-refractivity contribution >= 4 is 17.3 Å². The van der Waals surface area contributed by atoms with Gasteiger partial charge in [0, 0.05) is 20.2 Å². The van der Waals surface area contributed by atoms with Crippen LogP contribution in [0.1, 0.15) is 26.7 Å². The van der Waals surface area contributed by atoms with Crippen molar-refractivity contribution in [2.24, 2.45) is 0 Å². The third kappa shape index (κ3) is 5.09. The second-order valence-corrected chi connectivity index (χ2v) is 5.40. The minimum absolute atomic E-state index is 0.0851. The van der Waals surface area contributed by atoms with Crippen molar-refractivity contribution in [3.8, 4) is 0 Å². The van der Waals surface area contributed by atoms with Crippen LogP contribution < -0.4 is 10.6 Å². The van der Waals surface area contributed by atoms with Gasteiger partial charge in [-0.2, -0.15) is 0 Å². The topological polar surface area (TPSA) is 75.8 Å². The van der Waals surface area contributed by atoms with Gasteiger partial charge in [-0.25, -0.2) is 0 Å². The van der Waals surface area contributed by atoms with Crippen molar-refractivity contribution in [2.75, 3.05) is 30.8 Å². The molecule has 0 saturated carbocycles. The van der Waals surface area contributed by atoms with Gasteiger partial charge in [0.25, 0.3) is 0 Å². The molecule has 0 heterocycles. The molecule has 0 fully saturated rings. The molecule has 20 heavy (non-hydrogen) atoms. The number of ether oxygens (including phenoxy) is 1. The molecule has 3 N–H and O–H groups in total. The highest BCUT2D eigenvalue weighted by Crippen LogP contribution is 2.24. The van der Waals surface area contributed by atoms with Crippen LogP contribution in [-0.2, 0) is 9.53 Å². The van der Waals surface area contributed by atoms with Crippen molar-refractivity contribution < 1.29 is 14.6 Å². The predicted octanol–water partition coefficient (Wildman–Crippen LogP) is 2.37. The van der Waals surface area contributed by atoms with Crippen LogP contribution in [0.3, 0.4) is 0 Å². The molecule has 0 unspecified atom stereocenters. The lowest BCUT2D eigenvalue weighted by molar-refractivity contribution is -0.136. The molecular weight excluding hydrogens is 256 g/mol. The Kier molecular flexibility index (Phi) is 5.82. The number of methoxy groups -OCH3 is 1. The third-order valence-electron chi connectivity index (χ3n) is 3.41. The maximum Gasteiger partial charge on any atom is 0.305 e. The molecule has 1 rings (SSSR count). The first-order valence-corrected chi connectivity index (χ1v) is 6.72. The summed E-state index contributed by atoms with van der Waals surface area (Å²) in [6.45, 7) is 5.15. The fraction of sp³-hybridized carbons (Fsp3) is 0.533. The zero-order valence-electron chi connectivity index (χ0n) is 12.4. The summed E-state index contributed by atoms with van der Waals surface area (Å²) in [5.41, 5.74) is 7.27. The quantitative estimate of drug-likeness (QED) is 0.715. The average Bonchev–Trinajstić information content (AvgIpc) is 2.40. The lowest BCUT2D eigenvalue weighted by atomic mass is 10.0. The summed E-state index contributed by atoms with van der Waals surface area (Å²) in [6, 6.07) is 7.51. The standard InChI is InChI=1S/C15H24N2O3/c1-15(2,20-3)9-11-17(10-8-14(18)19)13-7-5-4-6-12(13)16/h4-7H,8-11,16H2,1-3H3,(H,18,19). The van der Waals surface area contributed by atoms with E-state index < -0.39 is 5.97 Å². The Bertz CT molecular complexity index is 446. The number of para-hydroxylation sites is 2. The molecule has 0 atom stereocenters. The average molecular weight is 280 g/mol. The summed E-state index contributed by atoms with van der Waals surface area (Å²) >= 11 is 0. The van der Waals surface area contributed by atoms with Gasteiger partial charge in [-0.05, 0) is 32.4 Å². The van der Waals surface area contributed by atoms with E-state index in [1.54, 1.807) is 7.11 Å². The number of carboxylic acids is 1. The number of benzene rings is 1. The fourth-order valence-corrected chi connectivity index (χ4v) is 1.87. The van der Waals surface area contributed by atoms with Crippen molar-refractivity contribution in [3.05, 3.63) is 24.3 Å². The van der Waals surface area contributed by atoms with Crippen LogP contribution >= 0.6 is 0 Å². The number of nitrogens with zero attached hydrogens (tertiary/aromatic N) is 1. The van der Waals surface area contributed by atoms with Crippen LogP contribution in [0.5, 0.6) is 0 Å². The second-order valence-electron chi connectivity index (χ2n) is 5.40. The van der Waals surface area contributed by atoms with Crippen molar-refractivity contribution in [3.63, 3.8) is 0 Å². The SMILES string of the molecule is COC(C)(C)CCN(CCC(=O)O)c1ccccc1N. The van der Waals surface area contributed by atoms with E-state index in [1.807, 2.05) is 43.0 Å². The number of nitrogens with two attached hydrogens (primary N) is 1. The summed E-state index contributed by atoms with van der Waals surface area (Å²) in [4.78, 5) is 12.8. The molecule has 0 aromatic heterocycles. The maximum atomic E-state index is 10.8. The summed E-state index contributed by atoms with van der Waals surface area (Å²) < 4.78 is 5.41. The highest BCUT2D eigenvalue weighted by molar-refractivity contribution is 5.70. The van der Waals surface area contributed by atoms with Gasteiger partial charge in [0.2, 0.25) is 0 Å². The highest BCUT2D eigenvalue weighted by atomic mass is 16.5. The van der Waals surface area contributed by atoms with Gasteiger partial charge in [0.1, 0.15) is 0 Å². The molecule has 0 aliphatic carbocycles. The van der Waals surface area contributed by atoms with E-state index in [0.717, 1.165) is 12.1 Å². The van der Waals surface area contributed by atoms with E-state index in [2.05, 4.69) is 0 Å². The number of carboxylic acid groups (broad SMARTS) is 1. The fourth-order valence-electron chi connectivity index (χ4n) is 1.87. The van der Waals surface area contributed by atoms with Gasteiger partial charge < -0.3 is 20.5 Å². The minimum atomic E-state index is -0.810. The molecule has 0 spiro atoms. The Labute approximate surface area is 120 Å². The van der Waals surface area contributed by atoms with Gasteiger partial charge in [-0.1, -0.05) is 12.1 Å². The number of aliphatic carboxylic acids is 1. The lowest BCUT2D eigenvalue weighted by Crippen LogP contribution is -2.34. The summed E-state index contributed by atoms with van der Waals surface area (Å²) in [5, 5.41) is 8.87. The first-order valence-electron chi connectivity index (χ1n) is 6.72. The Morgan fingerprint density at radius 2 is 2.00 bits per heavy atom. The monoisotopic (exact) mass is 280 g/mol. The van der Waals surface area contributed by atoms with Crippen LogP contribution in [-0.4, -0.2) is 36.9 Å². The van der Waals surface area contributed by atoms with E-state index in [1.165, 1.54) is 0 Å². The first-order chi connectivity index (χ1) is 9.35. The number of carbonyl (C=O) groups is 1. The molecule has 0 bridgehead atoms. The zero-order chi connectivity index (χ0) is 15.2. The Morgan fingerprint density at radius 1 is 1.35 bits per heavy atom. The van der Waals surface area contributed by atoms with E-state index in [4.69, 9.17) is 15.6 Å². The molecule has 5 heteroatoms. The van der Waals surface area contributed by atoms with Crippen LogP contribution in [0, 0.1) is 0 Å². The normalized spacial score (nSPS) is 11.3. The number of hydrogen-bond acceptors (Lipinski definition) is 4. The molecule has 1 aromatic carbocycles. The number of nitrogen functional groups attached to an aromatic ring is 1. The largest absolute Gasteiger partial charge is 0.481 e. The van der Waals surface area contributed by atoms with Gasteiger partial charge >= 0.3 is 5.97 Å². The Balaban J connectivity index is 2.80. The predicted molar refractivity (Wildman–Crippen MR) is 81.0 cm³/mol. The Hall–Kier alpha value is -1.75. The minimum Gasteiger partial charge on any atom is -0.481 e. The molecule has 0 saturated heterocycles. The number of hydrogen-bond donors (Lipinski definition) is 2.